The SMILES string of the molecule is CCOc1cccnc1C(=O)NCc1cccc(-n2cncn2)c1. The molecular weight excluding hydrogens is 306 g/mol. The fourth-order valence-electron chi connectivity index (χ4n) is 2.25. The van der Waals surface area contributed by atoms with Crippen molar-refractivity contribution in [2.24, 2.45) is 0 Å². The third-order valence-corrected chi connectivity index (χ3v) is 3.33. The lowest BCUT2D eigenvalue weighted by Crippen LogP contribution is -2.24. The number of aromatic nitrogens is 4. The second kappa shape index (κ2) is 7.36. The Morgan fingerprint density at radius 3 is 3.00 bits per heavy atom. The predicted molar refractivity (Wildman–Crippen MR) is 87.9 cm³/mol. The van der Waals surface area contributed by atoms with Crippen LogP contribution in [-0.2, 0) is 6.54 Å². The zero-order valence-corrected chi connectivity index (χ0v) is 13.2. The van der Waals surface area contributed by atoms with Gasteiger partial charge >= 0.3 is 0 Å². The van der Waals surface area contributed by atoms with E-state index in [0.717, 1.165) is 11.3 Å². The molecule has 1 aromatic carbocycles. The molecule has 1 amide bonds. The predicted octanol–water partition coefficient (Wildman–Crippen LogP) is 1.99. The maximum absolute atomic E-state index is 12.3. The number of hydrogen-bond donors (Lipinski definition) is 1. The first-order chi connectivity index (χ1) is 11.8. The molecule has 24 heavy (non-hydrogen) atoms. The topological polar surface area (TPSA) is 81.9 Å². The number of benzene rings is 1. The van der Waals surface area contributed by atoms with Crippen molar-refractivity contribution in [2.45, 2.75) is 13.5 Å². The van der Waals surface area contributed by atoms with Gasteiger partial charge in [0.05, 0.1) is 12.3 Å². The molecule has 0 fully saturated rings. The molecule has 2 heterocycles. The minimum atomic E-state index is -0.273. The number of carbonyl (C=O) groups excluding carboxylic acids is 1. The second-order valence-electron chi connectivity index (χ2n) is 4.98. The van der Waals surface area contributed by atoms with E-state index in [1.807, 2.05) is 31.2 Å². The van der Waals surface area contributed by atoms with Gasteiger partial charge in [-0.15, -0.1) is 0 Å². The third-order valence-electron chi connectivity index (χ3n) is 3.33. The summed E-state index contributed by atoms with van der Waals surface area (Å²) in [6.07, 6.45) is 4.67. The van der Waals surface area contributed by atoms with Gasteiger partial charge in [0.25, 0.3) is 5.91 Å². The van der Waals surface area contributed by atoms with Gasteiger partial charge in [-0.1, -0.05) is 12.1 Å². The van der Waals surface area contributed by atoms with Crippen LogP contribution in [0.25, 0.3) is 5.69 Å². The summed E-state index contributed by atoms with van der Waals surface area (Å²) in [4.78, 5) is 20.4. The van der Waals surface area contributed by atoms with Gasteiger partial charge in [0.15, 0.2) is 11.4 Å². The monoisotopic (exact) mass is 323 g/mol. The molecule has 122 valence electrons. The average Bonchev–Trinajstić information content (AvgIpc) is 3.15. The van der Waals surface area contributed by atoms with E-state index in [2.05, 4.69) is 20.4 Å². The maximum Gasteiger partial charge on any atom is 0.274 e. The molecule has 1 N–H and O–H groups in total. The third kappa shape index (κ3) is 3.57. The Morgan fingerprint density at radius 2 is 2.21 bits per heavy atom. The van der Waals surface area contributed by atoms with Crippen LogP contribution in [0.4, 0.5) is 0 Å². The molecule has 0 unspecified atom stereocenters. The molecule has 0 aliphatic heterocycles. The molecule has 0 aliphatic carbocycles. The van der Waals surface area contributed by atoms with E-state index in [1.165, 1.54) is 6.33 Å². The summed E-state index contributed by atoms with van der Waals surface area (Å²) in [5.41, 5.74) is 2.11. The van der Waals surface area contributed by atoms with Crippen molar-refractivity contribution in [3.8, 4) is 11.4 Å². The molecule has 0 bridgehead atoms. The van der Waals surface area contributed by atoms with E-state index in [1.54, 1.807) is 29.3 Å². The molecule has 0 radical (unpaired) electrons. The van der Waals surface area contributed by atoms with Gasteiger partial charge in [-0.05, 0) is 36.8 Å². The molecule has 0 aliphatic rings. The first-order valence-electron chi connectivity index (χ1n) is 7.58. The maximum atomic E-state index is 12.3. The summed E-state index contributed by atoms with van der Waals surface area (Å²) in [5, 5.41) is 6.95. The number of amides is 1. The van der Waals surface area contributed by atoms with Gasteiger partial charge in [-0.3, -0.25) is 4.79 Å². The number of carbonyl (C=O) groups is 1. The summed E-state index contributed by atoms with van der Waals surface area (Å²) in [7, 11) is 0. The van der Waals surface area contributed by atoms with Crippen molar-refractivity contribution in [1.82, 2.24) is 25.1 Å². The first kappa shape index (κ1) is 15.7. The summed E-state index contributed by atoms with van der Waals surface area (Å²) >= 11 is 0. The molecule has 7 heteroatoms. The number of hydrogen-bond acceptors (Lipinski definition) is 5. The van der Waals surface area contributed by atoms with Gasteiger partial charge in [-0.25, -0.2) is 14.6 Å². The van der Waals surface area contributed by atoms with Crippen LogP contribution < -0.4 is 10.1 Å². The molecule has 0 spiro atoms. The van der Waals surface area contributed by atoms with Crippen LogP contribution in [0.5, 0.6) is 5.75 Å². The number of ether oxygens (including phenoxy) is 1. The van der Waals surface area contributed by atoms with Crippen molar-refractivity contribution in [3.63, 3.8) is 0 Å². The van der Waals surface area contributed by atoms with Crippen molar-refractivity contribution in [2.75, 3.05) is 6.61 Å². The van der Waals surface area contributed by atoms with Gasteiger partial charge in [0.2, 0.25) is 0 Å². The normalized spacial score (nSPS) is 10.4. The fourth-order valence-corrected chi connectivity index (χ4v) is 2.25. The van der Waals surface area contributed by atoms with Crippen LogP contribution in [0.3, 0.4) is 0 Å². The van der Waals surface area contributed by atoms with Gasteiger partial charge in [-0.2, -0.15) is 5.10 Å². The van der Waals surface area contributed by atoms with E-state index in [4.69, 9.17) is 4.74 Å². The molecular formula is C17H17N5O2. The summed E-state index contributed by atoms with van der Waals surface area (Å²) in [5.74, 6) is 0.207. The Bertz CT molecular complexity index is 817. The van der Waals surface area contributed by atoms with Crippen molar-refractivity contribution < 1.29 is 9.53 Å². The summed E-state index contributed by atoms with van der Waals surface area (Å²) in [6.45, 7) is 2.72. The Hall–Kier alpha value is -3.22. The molecule has 2 aromatic heterocycles. The first-order valence-corrected chi connectivity index (χ1v) is 7.58. The van der Waals surface area contributed by atoms with Crippen molar-refractivity contribution in [3.05, 3.63) is 66.5 Å². The van der Waals surface area contributed by atoms with E-state index in [0.29, 0.717) is 18.9 Å². The van der Waals surface area contributed by atoms with Crippen LogP contribution >= 0.6 is 0 Å². The van der Waals surface area contributed by atoms with E-state index < -0.39 is 0 Å². The summed E-state index contributed by atoms with van der Waals surface area (Å²) in [6, 6.07) is 11.2. The highest BCUT2D eigenvalue weighted by atomic mass is 16.5. The number of nitrogens with zero attached hydrogens (tertiary/aromatic N) is 4. The van der Waals surface area contributed by atoms with Gasteiger partial charge in [0, 0.05) is 12.7 Å². The Kier molecular flexibility index (Phi) is 4.81. The summed E-state index contributed by atoms with van der Waals surface area (Å²) < 4.78 is 7.10. The number of rotatable bonds is 6. The molecule has 3 rings (SSSR count). The van der Waals surface area contributed by atoms with Crippen LogP contribution in [-0.4, -0.2) is 32.3 Å². The number of pyridine rings is 1. The quantitative estimate of drug-likeness (QED) is 0.750. The average molecular weight is 323 g/mol. The Balaban J connectivity index is 1.70. The highest BCUT2D eigenvalue weighted by molar-refractivity contribution is 5.94. The Labute approximate surface area is 139 Å². The Morgan fingerprint density at radius 1 is 1.29 bits per heavy atom. The van der Waals surface area contributed by atoms with Crippen LogP contribution in [0.15, 0.2) is 55.2 Å². The van der Waals surface area contributed by atoms with E-state index in [9.17, 15) is 4.79 Å². The van der Waals surface area contributed by atoms with Crippen molar-refractivity contribution >= 4 is 5.91 Å². The van der Waals surface area contributed by atoms with Crippen molar-refractivity contribution in [1.29, 1.82) is 0 Å². The molecule has 7 nitrogen and oxygen atoms in total. The van der Waals surface area contributed by atoms with Crippen LogP contribution in [0.2, 0.25) is 0 Å². The minimum absolute atomic E-state index is 0.273. The lowest BCUT2D eigenvalue weighted by atomic mass is 10.2. The zero-order valence-electron chi connectivity index (χ0n) is 13.2. The fraction of sp³-hybridized carbons (Fsp3) is 0.176. The van der Waals surface area contributed by atoms with E-state index >= 15 is 0 Å². The zero-order chi connectivity index (χ0) is 16.8. The molecule has 0 atom stereocenters. The van der Waals surface area contributed by atoms with Gasteiger partial charge in [0.1, 0.15) is 12.7 Å². The lowest BCUT2D eigenvalue weighted by molar-refractivity contribution is 0.0941. The van der Waals surface area contributed by atoms with Crippen LogP contribution in [0, 0.1) is 0 Å². The molecule has 0 saturated carbocycles. The molecule has 0 saturated heterocycles. The van der Waals surface area contributed by atoms with Gasteiger partial charge < -0.3 is 10.1 Å². The largest absolute Gasteiger partial charge is 0.491 e. The minimum Gasteiger partial charge on any atom is -0.491 e. The van der Waals surface area contributed by atoms with Crippen LogP contribution in [0.1, 0.15) is 23.0 Å². The lowest BCUT2D eigenvalue weighted by Gasteiger charge is -2.10. The number of nitrogens with one attached hydrogen (secondary N) is 1. The van der Waals surface area contributed by atoms with E-state index in [-0.39, 0.29) is 11.6 Å². The second-order valence-corrected chi connectivity index (χ2v) is 4.98. The highest BCUT2D eigenvalue weighted by Crippen LogP contribution is 2.15. The standard InChI is InChI=1S/C17H17N5O2/c1-2-24-15-7-4-8-19-16(15)17(23)20-10-13-5-3-6-14(9-13)22-12-18-11-21-22/h3-9,11-12H,2,10H2,1H3,(H,20,23). The highest BCUT2D eigenvalue weighted by Gasteiger charge is 2.13. The smallest absolute Gasteiger partial charge is 0.274 e. The molecule has 3 aromatic rings.